The van der Waals surface area contributed by atoms with Gasteiger partial charge >= 0.3 is 0 Å². The summed E-state index contributed by atoms with van der Waals surface area (Å²) in [6.07, 6.45) is 0. The molecule has 0 aliphatic carbocycles. The number of Topliss-reactive ketones (excluding diaryl/α,β-unsaturated/α-hetero) is 1. The molecule has 3 aromatic carbocycles. The third-order valence-electron chi connectivity index (χ3n) is 5.61. The number of rotatable bonds is 4. The van der Waals surface area contributed by atoms with Crippen molar-refractivity contribution in [3.05, 3.63) is 102 Å². The molecule has 4 nitrogen and oxygen atoms in total. The summed E-state index contributed by atoms with van der Waals surface area (Å²) >= 11 is 0. The largest absolute Gasteiger partial charge is 0.287 e. The molecule has 1 aliphatic heterocycles. The van der Waals surface area contributed by atoms with Crippen molar-refractivity contribution in [3.63, 3.8) is 0 Å². The molecule has 0 radical (unpaired) electrons. The van der Waals surface area contributed by atoms with Gasteiger partial charge in [0.05, 0.1) is 24.9 Å². The average Bonchev–Trinajstić information content (AvgIpc) is 2.90. The van der Waals surface area contributed by atoms with Crippen molar-refractivity contribution in [2.24, 2.45) is 10.7 Å². The van der Waals surface area contributed by atoms with Crippen molar-refractivity contribution in [1.29, 1.82) is 0 Å². The van der Waals surface area contributed by atoms with E-state index in [2.05, 4.69) is 24.3 Å². The first-order valence-electron chi connectivity index (χ1n) is 9.49. The number of benzodiazepines with no additional fused rings is 1. The van der Waals surface area contributed by atoms with Gasteiger partial charge in [-0.2, -0.15) is 0 Å². The number of nitrogens with zero attached hydrogens (tertiary/aromatic N) is 2. The summed E-state index contributed by atoms with van der Waals surface area (Å²) in [6.45, 7) is 0.707. The van der Waals surface area contributed by atoms with E-state index in [4.69, 9.17) is 10.7 Å². The molecule has 0 bridgehead atoms. The summed E-state index contributed by atoms with van der Waals surface area (Å²) in [4.78, 5) is 18.4. The summed E-state index contributed by atoms with van der Waals surface area (Å²) in [5.41, 5.74) is 11.0. The maximum absolute atomic E-state index is 13.4. The Hall–Kier alpha value is -3.08. The predicted molar refractivity (Wildman–Crippen MR) is 115 cm³/mol. The van der Waals surface area contributed by atoms with Crippen LogP contribution in [0.2, 0.25) is 0 Å². The van der Waals surface area contributed by atoms with Crippen molar-refractivity contribution in [1.82, 2.24) is 4.48 Å². The fourth-order valence-corrected chi connectivity index (χ4v) is 3.94. The van der Waals surface area contributed by atoms with E-state index in [0.29, 0.717) is 23.3 Å². The van der Waals surface area contributed by atoms with Crippen LogP contribution in [0.3, 0.4) is 0 Å². The molecule has 0 spiro atoms. The first-order chi connectivity index (χ1) is 13.6. The lowest BCUT2D eigenvalue weighted by Gasteiger charge is -2.38. The predicted octanol–water partition coefficient (Wildman–Crippen LogP) is 3.64. The molecule has 3 aromatic rings. The molecule has 1 heterocycles. The molecule has 0 fully saturated rings. The van der Waals surface area contributed by atoms with Gasteiger partial charge in [0.25, 0.3) is 0 Å². The molecule has 4 rings (SSSR count). The molecular weight excluding hydrogens is 346 g/mol. The summed E-state index contributed by atoms with van der Waals surface area (Å²) in [6, 6.07) is 27.3. The molecule has 0 aromatic heterocycles. The molecule has 140 valence electrons. The zero-order chi connectivity index (χ0) is 19.6. The number of ketones is 1. The standard InChI is InChI=1S/C24H24N3O/c1-27(17-25)21-15-9-8-14-20(21)23(18-10-4-2-5-11-18)26-16-22(27)24(28)19-12-6-3-7-13-19/h2-15,22H,16-17,25H2,1H3/q+1. The van der Waals surface area contributed by atoms with Gasteiger partial charge in [-0.3, -0.25) is 20.0 Å². The highest BCUT2D eigenvalue weighted by Crippen LogP contribution is 2.34. The van der Waals surface area contributed by atoms with Crippen molar-refractivity contribution < 1.29 is 4.79 Å². The zero-order valence-electron chi connectivity index (χ0n) is 16.0. The Kier molecular flexibility index (Phi) is 4.90. The van der Waals surface area contributed by atoms with E-state index >= 15 is 0 Å². The number of carbonyl (C=O) groups is 1. The van der Waals surface area contributed by atoms with E-state index in [0.717, 1.165) is 22.5 Å². The minimum atomic E-state index is -0.380. The van der Waals surface area contributed by atoms with Crippen LogP contribution >= 0.6 is 0 Å². The minimum absolute atomic E-state index is 0.0708. The van der Waals surface area contributed by atoms with Crippen molar-refractivity contribution >= 4 is 17.2 Å². The molecule has 0 amide bonds. The molecule has 4 heteroatoms. The highest BCUT2D eigenvalue weighted by molar-refractivity contribution is 6.16. The zero-order valence-corrected chi connectivity index (χ0v) is 16.0. The molecule has 0 saturated carbocycles. The molecule has 0 saturated heterocycles. The quantitative estimate of drug-likeness (QED) is 0.563. The molecule has 1 aliphatic rings. The Bertz CT molecular complexity index is 1010. The number of quaternary nitrogens is 1. The van der Waals surface area contributed by atoms with Crippen LogP contribution in [0.5, 0.6) is 0 Å². The first kappa shape index (κ1) is 18.3. The fraction of sp³-hybridized carbons (Fsp3) is 0.167. The number of aliphatic imine (C=N–C) groups is 1. The van der Waals surface area contributed by atoms with Crippen molar-refractivity contribution in [2.45, 2.75) is 6.04 Å². The second-order valence-electron chi connectivity index (χ2n) is 7.27. The highest BCUT2D eigenvalue weighted by atomic mass is 16.1. The number of para-hydroxylation sites is 1. The third-order valence-corrected chi connectivity index (χ3v) is 5.61. The van der Waals surface area contributed by atoms with E-state index < -0.39 is 0 Å². The van der Waals surface area contributed by atoms with Crippen molar-refractivity contribution in [2.75, 3.05) is 20.3 Å². The average molecular weight is 370 g/mol. The summed E-state index contributed by atoms with van der Waals surface area (Å²) in [5, 5.41) is 0. The maximum Gasteiger partial charge on any atom is 0.222 e. The van der Waals surface area contributed by atoms with Crippen LogP contribution < -0.4 is 10.2 Å². The number of nitrogens with two attached hydrogens (primary N) is 1. The molecule has 2 atom stereocenters. The van der Waals surface area contributed by atoms with Crippen LogP contribution in [-0.2, 0) is 0 Å². The second kappa shape index (κ2) is 7.50. The number of fused-ring (bicyclic) bond motifs is 1. The molecular formula is C24H24N3O+. The SMILES string of the molecule is C[N+]1(CN)c2ccccc2C(c2ccccc2)=NCC1C(=O)c1ccccc1. The van der Waals surface area contributed by atoms with Crippen LogP contribution in [0.1, 0.15) is 21.5 Å². The Labute approximate surface area is 165 Å². The van der Waals surface area contributed by atoms with Gasteiger partial charge in [-0.15, -0.1) is 0 Å². The number of carbonyl (C=O) groups excluding carboxylic acids is 1. The van der Waals surface area contributed by atoms with Crippen molar-refractivity contribution in [3.8, 4) is 0 Å². The summed E-state index contributed by atoms with van der Waals surface area (Å²) < 4.78 is 0.323. The number of hydrogen-bond donors (Lipinski definition) is 1. The summed E-state index contributed by atoms with van der Waals surface area (Å²) in [7, 11) is 2.04. The lowest BCUT2D eigenvalue weighted by Crippen LogP contribution is -2.61. The number of benzene rings is 3. The summed E-state index contributed by atoms with van der Waals surface area (Å²) in [5.74, 6) is 0.0708. The monoisotopic (exact) mass is 370 g/mol. The molecule has 2 unspecified atom stereocenters. The Morgan fingerprint density at radius 2 is 1.57 bits per heavy atom. The Morgan fingerprint density at radius 1 is 0.964 bits per heavy atom. The number of likely N-dealkylation sites (N-methyl/N-ethyl adjacent to an activating group) is 1. The van der Waals surface area contributed by atoms with E-state index in [1.54, 1.807) is 0 Å². The van der Waals surface area contributed by atoms with Gasteiger partial charge in [-0.1, -0.05) is 72.8 Å². The van der Waals surface area contributed by atoms with Gasteiger partial charge < -0.3 is 0 Å². The van der Waals surface area contributed by atoms with Gasteiger partial charge in [0, 0.05) is 11.1 Å². The maximum atomic E-state index is 13.4. The molecule has 28 heavy (non-hydrogen) atoms. The van der Waals surface area contributed by atoms with Crippen LogP contribution in [0, 0.1) is 0 Å². The minimum Gasteiger partial charge on any atom is -0.287 e. The van der Waals surface area contributed by atoms with E-state index in [9.17, 15) is 4.79 Å². The Balaban J connectivity index is 1.89. The van der Waals surface area contributed by atoms with Crippen LogP contribution in [0.25, 0.3) is 0 Å². The topological polar surface area (TPSA) is 55.4 Å². The van der Waals surface area contributed by atoms with Crippen LogP contribution in [0.15, 0.2) is 89.9 Å². The Morgan fingerprint density at radius 3 is 2.25 bits per heavy atom. The smallest absolute Gasteiger partial charge is 0.222 e. The second-order valence-corrected chi connectivity index (χ2v) is 7.27. The van der Waals surface area contributed by atoms with Gasteiger partial charge in [0.2, 0.25) is 5.78 Å². The van der Waals surface area contributed by atoms with Gasteiger partial charge in [0.15, 0.2) is 6.04 Å². The van der Waals surface area contributed by atoms with E-state index in [1.807, 2.05) is 67.7 Å². The lowest BCUT2D eigenvalue weighted by molar-refractivity contribution is 0.0868. The third kappa shape index (κ3) is 3.07. The van der Waals surface area contributed by atoms with Gasteiger partial charge in [-0.25, -0.2) is 0 Å². The first-order valence-corrected chi connectivity index (χ1v) is 9.49. The lowest BCUT2D eigenvalue weighted by atomic mass is 9.97. The molecule has 2 N–H and O–H groups in total. The van der Waals surface area contributed by atoms with Crippen LogP contribution in [0.4, 0.5) is 5.69 Å². The van der Waals surface area contributed by atoms with Gasteiger partial charge in [-0.05, 0) is 12.1 Å². The van der Waals surface area contributed by atoms with E-state index in [1.165, 1.54) is 0 Å². The highest BCUT2D eigenvalue weighted by Gasteiger charge is 2.43. The van der Waals surface area contributed by atoms with Gasteiger partial charge in [0.1, 0.15) is 12.4 Å². The number of hydrogen-bond acceptors (Lipinski definition) is 3. The fourth-order valence-electron chi connectivity index (χ4n) is 3.94. The van der Waals surface area contributed by atoms with Crippen LogP contribution in [-0.4, -0.2) is 37.8 Å². The normalized spacial score (nSPS) is 21.4. The van der Waals surface area contributed by atoms with E-state index in [-0.39, 0.29) is 11.8 Å².